The molecule has 7 heterocycles. The van der Waals surface area contributed by atoms with Crippen LogP contribution in [0.3, 0.4) is 0 Å². The van der Waals surface area contributed by atoms with Crippen LogP contribution in [0.25, 0.3) is 11.5 Å². The van der Waals surface area contributed by atoms with Crippen LogP contribution in [0.1, 0.15) is 66.6 Å². The zero-order valence-corrected chi connectivity index (χ0v) is 23.7. The van der Waals surface area contributed by atoms with Gasteiger partial charge in [-0.05, 0) is 70.4 Å². The van der Waals surface area contributed by atoms with Crippen molar-refractivity contribution in [1.29, 1.82) is 0 Å². The summed E-state index contributed by atoms with van der Waals surface area (Å²) in [6, 6.07) is 14.8. The van der Waals surface area contributed by atoms with E-state index in [2.05, 4.69) is 31.0 Å². The van der Waals surface area contributed by atoms with E-state index in [-0.39, 0.29) is 24.0 Å². The van der Waals surface area contributed by atoms with E-state index >= 15 is 0 Å². The van der Waals surface area contributed by atoms with Crippen molar-refractivity contribution < 1.29 is 14.4 Å². The molecule has 4 N–H and O–H groups in total. The van der Waals surface area contributed by atoms with Crippen LogP contribution in [0.4, 0.5) is 17.3 Å². The minimum absolute atomic E-state index is 0.0417. The van der Waals surface area contributed by atoms with Crippen molar-refractivity contribution in [1.82, 2.24) is 30.3 Å². The van der Waals surface area contributed by atoms with Gasteiger partial charge in [0.2, 0.25) is 0 Å². The Morgan fingerprint density at radius 3 is 2.52 bits per heavy atom. The first kappa shape index (κ1) is 26.5. The second kappa shape index (κ2) is 10.2. The van der Waals surface area contributed by atoms with Crippen molar-refractivity contribution >= 4 is 23.2 Å². The van der Waals surface area contributed by atoms with Crippen LogP contribution in [0.15, 0.2) is 59.3 Å². The second-order valence-electron chi connectivity index (χ2n) is 12.0. The van der Waals surface area contributed by atoms with Crippen molar-refractivity contribution in [3.8, 4) is 11.5 Å². The van der Waals surface area contributed by atoms with Gasteiger partial charge in [0, 0.05) is 17.7 Å². The number of rotatable bonds is 8. The molecule has 4 aliphatic rings. The van der Waals surface area contributed by atoms with Crippen LogP contribution in [0.2, 0.25) is 0 Å². The maximum absolute atomic E-state index is 12.3. The highest BCUT2D eigenvalue weighted by Gasteiger charge is 2.44. The van der Waals surface area contributed by atoms with Crippen molar-refractivity contribution in [2.45, 2.75) is 50.1 Å². The fourth-order valence-corrected chi connectivity index (χ4v) is 6.36. The topological polar surface area (TPSA) is 141 Å². The Morgan fingerprint density at radius 1 is 1.02 bits per heavy atom. The van der Waals surface area contributed by atoms with E-state index < -0.39 is 5.54 Å². The molecule has 0 radical (unpaired) electrons. The second-order valence-corrected chi connectivity index (χ2v) is 12.0. The Kier molecular flexibility index (Phi) is 6.43. The molecular weight excluding hydrogens is 532 g/mol. The van der Waals surface area contributed by atoms with E-state index in [1.807, 2.05) is 50.2 Å². The Bertz CT molecular complexity index is 1610. The van der Waals surface area contributed by atoms with E-state index in [1.54, 1.807) is 18.3 Å². The van der Waals surface area contributed by atoms with Gasteiger partial charge < -0.3 is 30.5 Å². The number of aromatic nitrogens is 4. The zero-order chi connectivity index (χ0) is 28.9. The van der Waals surface area contributed by atoms with Crippen molar-refractivity contribution in [2.75, 3.05) is 36.9 Å². The van der Waals surface area contributed by atoms with Gasteiger partial charge in [-0.1, -0.05) is 35.5 Å². The van der Waals surface area contributed by atoms with Crippen molar-refractivity contribution in [2.24, 2.45) is 0 Å². The summed E-state index contributed by atoms with van der Waals surface area (Å²) in [5.41, 5.74) is 2.91. The molecule has 11 heteroatoms. The highest BCUT2D eigenvalue weighted by Crippen LogP contribution is 2.42. The number of benzene rings is 1. The molecule has 4 aromatic rings. The molecule has 42 heavy (non-hydrogen) atoms. The molecule has 1 amide bonds. The van der Waals surface area contributed by atoms with Gasteiger partial charge in [0.05, 0.1) is 40.7 Å². The molecule has 0 aliphatic carbocycles. The lowest BCUT2D eigenvalue weighted by Gasteiger charge is -2.46. The van der Waals surface area contributed by atoms with Crippen LogP contribution < -0.4 is 16.0 Å². The van der Waals surface area contributed by atoms with Crippen LogP contribution in [-0.2, 0) is 11.0 Å². The SMILES string of the molecule is CC1(C)NC(=O)c2ccc(Nc3cc(N[C@H](CO)c4ccccc4)c(-c4nc(C56CCN(CC5)CC6)no4)cn3)nc21. The number of nitrogens with zero attached hydrogens (tertiary/aromatic N) is 5. The third kappa shape index (κ3) is 4.68. The Labute approximate surface area is 243 Å². The summed E-state index contributed by atoms with van der Waals surface area (Å²) in [6.45, 7) is 6.92. The predicted molar refractivity (Wildman–Crippen MR) is 157 cm³/mol. The number of carbonyl (C=O) groups excluding carboxylic acids is 1. The smallest absolute Gasteiger partial charge is 0.261 e. The number of nitrogens with one attached hydrogen (secondary N) is 3. The molecule has 0 spiro atoms. The largest absolute Gasteiger partial charge is 0.394 e. The molecule has 216 valence electrons. The van der Waals surface area contributed by atoms with Gasteiger partial charge in [-0.25, -0.2) is 9.97 Å². The van der Waals surface area contributed by atoms with Crippen molar-refractivity contribution in [3.63, 3.8) is 0 Å². The van der Waals surface area contributed by atoms with Gasteiger partial charge in [-0.15, -0.1) is 0 Å². The van der Waals surface area contributed by atoms with Gasteiger partial charge in [-0.3, -0.25) is 4.79 Å². The summed E-state index contributed by atoms with van der Waals surface area (Å²) in [5, 5.41) is 24.5. The number of aliphatic hydroxyl groups excluding tert-OH is 1. The van der Waals surface area contributed by atoms with E-state index in [1.165, 1.54) is 0 Å². The zero-order valence-electron chi connectivity index (χ0n) is 23.7. The van der Waals surface area contributed by atoms with E-state index in [0.29, 0.717) is 40.0 Å². The molecule has 3 fully saturated rings. The minimum Gasteiger partial charge on any atom is -0.394 e. The first-order valence-electron chi connectivity index (χ1n) is 14.4. The summed E-state index contributed by atoms with van der Waals surface area (Å²) in [6.07, 6.45) is 4.80. The standard InChI is InChI=1S/C31H34N8O3/c1-30(2)26-20(27(41)37-30)8-9-24(35-26)34-25-16-22(33-23(18-40)19-6-4-3-5-7-19)21(17-32-25)28-36-29(38-42-28)31-10-13-39(14-11-31)15-12-31/h3-9,16-17,23,40H,10-15,18H2,1-2H3,(H,37,41)(H2,32,33,34,35)/t23-/m1/s1. The number of aliphatic hydroxyl groups is 1. The normalized spacial score (nSPS) is 22.8. The van der Waals surface area contributed by atoms with E-state index in [0.717, 1.165) is 50.3 Å². The first-order valence-corrected chi connectivity index (χ1v) is 14.4. The number of anilines is 3. The highest BCUT2D eigenvalue weighted by atomic mass is 16.5. The summed E-state index contributed by atoms with van der Waals surface area (Å²) < 4.78 is 5.86. The number of carbonyl (C=O) groups is 1. The van der Waals surface area contributed by atoms with Crippen LogP contribution in [-0.4, -0.2) is 62.3 Å². The average molecular weight is 567 g/mol. The molecule has 8 rings (SSSR count). The fourth-order valence-electron chi connectivity index (χ4n) is 6.36. The van der Waals surface area contributed by atoms with Gasteiger partial charge in [0.1, 0.15) is 11.6 Å². The third-order valence-corrected chi connectivity index (χ3v) is 8.88. The molecule has 11 nitrogen and oxygen atoms in total. The summed E-state index contributed by atoms with van der Waals surface area (Å²) in [5.74, 6) is 2.12. The summed E-state index contributed by atoms with van der Waals surface area (Å²) in [7, 11) is 0. The maximum atomic E-state index is 12.3. The number of amides is 1. The van der Waals surface area contributed by atoms with Gasteiger partial charge >= 0.3 is 0 Å². The number of fused-ring (bicyclic) bond motifs is 4. The Hall–Kier alpha value is -4.35. The third-order valence-electron chi connectivity index (χ3n) is 8.88. The Morgan fingerprint density at radius 2 is 1.79 bits per heavy atom. The molecule has 4 aliphatic heterocycles. The number of pyridine rings is 2. The lowest BCUT2D eigenvalue weighted by molar-refractivity contribution is 0.0747. The summed E-state index contributed by atoms with van der Waals surface area (Å²) in [4.78, 5) is 29.1. The number of hydrogen-bond donors (Lipinski definition) is 4. The monoisotopic (exact) mass is 566 g/mol. The lowest BCUT2D eigenvalue weighted by Crippen LogP contribution is -2.51. The first-order chi connectivity index (χ1) is 20.3. The molecular formula is C31H34N8O3. The van der Waals surface area contributed by atoms with E-state index in [9.17, 15) is 9.90 Å². The fraction of sp³-hybridized carbons (Fsp3) is 0.387. The molecule has 1 atom stereocenters. The van der Waals surface area contributed by atoms with E-state index in [4.69, 9.17) is 14.5 Å². The van der Waals surface area contributed by atoms with Crippen molar-refractivity contribution in [3.05, 3.63) is 77.4 Å². The van der Waals surface area contributed by atoms with Crippen LogP contribution in [0.5, 0.6) is 0 Å². The van der Waals surface area contributed by atoms with Gasteiger partial charge in [-0.2, -0.15) is 4.98 Å². The molecule has 0 unspecified atom stereocenters. The number of piperidine rings is 3. The lowest BCUT2D eigenvalue weighted by atomic mass is 9.71. The molecule has 1 aromatic carbocycles. The van der Waals surface area contributed by atoms with Crippen LogP contribution >= 0.6 is 0 Å². The van der Waals surface area contributed by atoms with Gasteiger partial charge in [0.25, 0.3) is 11.8 Å². The number of hydrogen-bond acceptors (Lipinski definition) is 10. The Balaban J connectivity index is 1.23. The average Bonchev–Trinajstić information content (AvgIpc) is 3.60. The minimum atomic E-state index is -0.567. The molecule has 2 bridgehead atoms. The maximum Gasteiger partial charge on any atom is 0.261 e. The molecule has 0 saturated carbocycles. The highest BCUT2D eigenvalue weighted by molar-refractivity contribution is 5.99. The molecule has 3 aromatic heterocycles. The quantitative estimate of drug-likeness (QED) is 0.246. The predicted octanol–water partition coefficient (Wildman–Crippen LogP) is 4.13. The summed E-state index contributed by atoms with van der Waals surface area (Å²) >= 11 is 0. The van der Waals surface area contributed by atoms with Gasteiger partial charge in [0.15, 0.2) is 5.82 Å². The van der Waals surface area contributed by atoms with Crippen LogP contribution in [0, 0.1) is 0 Å². The molecule has 3 saturated heterocycles.